The molecule has 0 spiro atoms. The van der Waals surface area contributed by atoms with E-state index in [1.165, 1.54) is 6.07 Å². The summed E-state index contributed by atoms with van der Waals surface area (Å²) in [6, 6.07) is 12.3. The molecule has 1 N–H and O–H groups in total. The van der Waals surface area contributed by atoms with Crippen molar-refractivity contribution in [3.63, 3.8) is 0 Å². The van der Waals surface area contributed by atoms with E-state index in [-0.39, 0.29) is 23.0 Å². The van der Waals surface area contributed by atoms with Gasteiger partial charge in [-0.15, -0.1) is 0 Å². The first kappa shape index (κ1) is 27.5. The summed E-state index contributed by atoms with van der Waals surface area (Å²) in [5.74, 6) is 0.218. The van der Waals surface area contributed by atoms with E-state index in [0.29, 0.717) is 35.5 Å². The molecule has 1 aromatic heterocycles. The summed E-state index contributed by atoms with van der Waals surface area (Å²) in [6.45, 7) is 10.1. The molecule has 2 aliphatic heterocycles. The number of nitrogens with one attached hydrogen (secondary N) is 1. The molecule has 2 fully saturated rings. The minimum Gasteiger partial charge on any atom is -0.497 e. The Balaban J connectivity index is 1.32. The zero-order valence-electron chi connectivity index (χ0n) is 23.6. The van der Waals surface area contributed by atoms with Gasteiger partial charge in [-0.05, 0) is 37.4 Å². The van der Waals surface area contributed by atoms with Gasteiger partial charge < -0.3 is 34.1 Å². The average molecular weight is 548 g/mol. The number of nitrogens with zero attached hydrogens (tertiary/aromatic N) is 4. The highest BCUT2D eigenvalue weighted by Gasteiger charge is 2.24. The number of fused-ring (bicyclic) bond motifs is 1. The van der Waals surface area contributed by atoms with Gasteiger partial charge in [-0.1, -0.05) is 13.8 Å². The van der Waals surface area contributed by atoms with Crippen LogP contribution in [0.25, 0.3) is 11.0 Å². The fourth-order valence-corrected chi connectivity index (χ4v) is 5.22. The van der Waals surface area contributed by atoms with E-state index >= 15 is 0 Å². The van der Waals surface area contributed by atoms with E-state index in [1.54, 1.807) is 13.2 Å². The second kappa shape index (κ2) is 11.6. The van der Waals surface area contributed by atoms with Gasteiger partial charge in [0.2, 0.25) is 5.91 Å². The van der Waals surface area contributed by atoms with Crippen LogP contribution < -0.4 is 25.3 Å². The first-order valence-electron chi connectivity index (χ1n) is 13.8. The molecule has 2 aliphatic rings. The Morgan fingerprint density at radius 2 is 1.55 bits per heavy atom. The van der Waals surface area contributed by atoms with Crippen molar-refractivity contribution in [3.05, 3.63) is 58.4 Å². The van der Waals surface area contributed by atoms with Gasteiger partial charge in [0.15, 0.2) is 16.8 Å². The predicted octanol–water partition coefficient (Wildman–Crippen LogP) is 3.11. The maximum atomic E-state index is 13.2. The Morgan fingerprint density at radius 3 is 2.17 bits per heavy atom. The van der Waals surface area contributed by atoms with Crippen LogP contribution in [0.3, 0.4) is 0 Å². The molecule has 3 aromatic rings. The van der Waals surface area contributed by atoms with Gasteiger partial charge in [0, 0.05) is 81.8 Å². The number of rotatable bonds is 6. The number of carbonyl (C=O) groups is 2. The maximum absolute atomic E-state index is 13.2. The zero-order valence-corrected chi connectivity index (χ0v) is 23.6. The molecule has 2 saturated heterocycles. The van der Waals surface area contributed by atoms with Crippen LogP contribution in [0.4, 0.5) is 17.1 Å². The lowest BCUT2D eigenvalue weighted by molar-refractivity contribution is -0.134. The van der Waals surface area contributed by atoms with Gasteiger partial charge in [0.05, 0.1) is 18.2 Å². The third-order valence-electron chi connectivity index (χ3n) is 7.66. The number of carbonyl (C=O) groups excluding carboxylic acids is 2. The minimum absolute atomic E-state index is 0.00248. The third-order valence-corrected chi connectivity index (χ3v) is 7.66. The molecule has 40 heavy (non-hydrogen) atoms. The van der Waals surface area contributed by atoms with Crippen molar-refractivity contribution in [2.24, 2.45) is 5.92 Å². The van der Waals surface area contributed by atoms with Crippen LogP contribution in [-0.4, -0.2) is 88.1 Å². The van der Waals surface area contributed by atoms with Gasteiger partial charge in [-0.2, -0.15) is 0 Å². The number of benzene rings is 2. The van der Waals surface area contributed by atoms with E-state index in [9.17, 15) is 14.4 Å². The number of hydrogen-bond acceptors (Lipinski definition) is 8. The Bertz CT molecular complexity index is 1440. The predicted molar refractivity (Wildman–Crippen MR) is 157 cm³/mol. The van der Waals surface area contributed by atoms with Crippen LogP contribution in [0, 0.1) is 5.92 Å². The molecule has 0 unspecified atom stereocenters. The monoisotopic (exact) mass is 547 g/mol. The highest BCUT2D eigenvalue weighted by atomic mass is 16.5. The van der Waals surface area contributed by atoms with Gasteiger partial charge in [0.25, 0.3) is 5.91 Å². The fourth-order valence-electron chi connectivity index (χ4n) is 5.22. The van der Waals surface area contributed by atoms with Crippen molar-refractivity contribution >= 4 is 39.8 Å². The molecule has 3 heterocycles. The summed E-state index contributed by atoms with van der Waals surface area (Å²) in [7, 11) is 3.64. The lowest BCUT2D eigenvalue weighted by Gasteiger charge is -2.37. The van der Waals surface area contributed by atoms with Crippen molar-refractivity contribution in [2.45, 2.75) is 13.8 Å². The van der Waals surface area contributed by atoms with Crippen molar-refractivity contribution in [2.75, 3.05) is 81.6 Å². The van der Waals surface area contributed by atoms with E-state index < -0.39 is 5.91 Å². The van der Waals surface area contributed by atoms with Crippen LogP contribution in [-0.2, 0) is 4.79 Å². The van der Waals surface area contributed by atoms with Gasteiger partial charge >= 0.3 is 0 Å². The second-order valence-corrected chi connectivity index (χ2v) is 10.8. The Kier molecular flexibility index (Phi) is 7.97. The van der Waals surface area contributed by atoms with E-state index in [4.69, 9.17) is 9.15 Å². The Hall–Kier alpha value is -4.05. The first-order chi connectivity index (χ1) is 19.2. The number of hydrogen-bond donors (Lipinski definition) is 1. The SMILES string of the molecule is COc1cc(N2CCN(C)CC2)c2oc(C(=O)Nc3ccc(N4CCN(C(=O)C(C)C)CC4)cc3)cc(=O)c2c1. The topological polar surface area (TPSA) is 98.6 Å². The second-order valence-electron chi connectivity index (χ2n) is 10.8. The van der Waals surface area contributed by atoms with Crippen LogP contribution in [0.1, 0.15) is 24.4 Å². The molecule has 0 saturated carbocycles. The van der Waals surface area contributed by atoms with Crippen LogP contribution in [0.5, 0.6) is 5.75 Å². The highest BCUT2D eigenvalue weighted by molar-refractivity contribution is 6.03. The molecule has 10 heteroatoms. The summed E-state index contributed by atoms with van der Waals surface area (Å²) in [6.07, 6.45) is 0. The van der Waals surface area contributed by atoms with Crippen molar-refractivity contribution in [1.82, 2.24) is 9.80 Å². The number of likely N-dealkylation sites (N-methyl/N-ethyl adjacent to an activating group) is 1. The summed E-state index contributed by atoms with van der Waals surface area (Å²) in [5, 5.41) is 3.23. The molecule has 2 aromatic carbocycles. The van der Waals surface area contributed by atoms with Crippen molar-refractivity contribution < 1.29 is 18.7 Å². The summed E-state index contributed by atoms with van der Waals surface area (Å²) < 4.78 is 11.5. The Labute approximate surface area is 234 Å². The summed E-state index contributed by atoms with van der Waals surface area (Å²) in [4.78, 5) is 47.1. The molecular formula is C30H37N5O5. The molecule has 10 nitrogen and oxygen atoms in total. The number of methoxy groups -OCH3 is 1. The third kappa shape index (κ3) is 5.77. The molecule has 0 aliphatic carbocycles. The smallest absolute Gasteiger partial charge is 0.291 e. The van der Waals surface area contributed by atoms with Crippen LogP contribution >= 0.6 is 0 Å². The normalized spacial score (nSPS) is 16.5. The molecule has 212 valence electrons. The largest absolute Gasteiger partial charge is 0.497 e. The van der Waals surface area contributed by atoms with Crippen LogP contribution in [0.2, 0.25) is 0 Å². The first-order valence-corrected chi connectivity index (χ1v) is 13.8. The standard InChI is InChI=1S/C30H37N5O5/c1-20(2)30(38)35-15-13-33(14-16-35)22-7-5-21(6-8-22)31-29(37)27-19-26(36)24-17-23(39-4)18-25(28(24)40-27)34-11-9-32(3)10-12-34/h5-8,17-20H,9-16H2,1-4H3,(H,31,37). The highest BCUT2D eigenvalue weighted by Crippen LogP contribution is 2.32. The van der Waals surface area contributed by atoms with E-state index in [1.807, 2.05) is 49.1 Å². The summed E-state index contributed by atoms with van der Waals surface area (Å²) in [5.41, 5.74) is 2.45. The van der Waals surface area contributed by atoms with Gasteiger partial charge in [-0.25, -0.2) is 0 Å². The quantitative estimate of drug-likeness (QED) is 0.503. The van der Waals surface area contributed by atoms with E-state index in [2.05, 4.69) is 27.1 Å². The molecule has 0 radical (unpaired) electrons. The lowest BCUT2D eigenvalue weighted by Crippen LogP contribution is -2.49. The Morgan fingerprint density at radius 1 is 0.900 bits per heavy atom. The molecular weight excluding hydrogens is 510 g/mol. The van der Waals surface area contributed by atoms with E-state index in [0.717, 1.165) is 50.6 Å². The molecule has 0 atom stereocenters. The number of piperazine rings is 2. The van der Waals surface area contributed by atoms with Gasteiger partial charge in [-0.3, -0.25) is 14.4 Å². The number of anilines is 3. The molecule has 0 bridgehead atoms. The lowest BCUT2D eigenvalue weighted by atomic mass is 10.1. The zero-order chi connectivity index (χ0) is 28.4. The summed E-state index contributed by atoms with van der Waals surface area (Å²) >= 11 is 0. The minimum atomic E-state index is -0.493. The van der Waals surface area contributed by atoms with Crippen molar-refractivity contribution in [3.8, 4) is 5.75 Å². The van der Waals surface area contributed by atoms with Crippen molar-refractivity contribution in [1.29, 1.82) is 0 Å². The molecule has 2 amide bonds. The van der Waals surface area contributed by atoms with Crippen LogP contribution in [0.15, 0.2) is 51.7 Å². The van der Waals surface area contributed by atoms with Gasteiger partial charge in [0.1, 0.15) is 5.75 Å². The number of ether oxygens (including phenoxy) is 1. The average Bonchev–Trinajstić information content (AvgIpc) is 2.97. The number of amides is 2. The molecule has 5 rings (SSSR count). The maximum Gasteiger partial charge on any atom is 0.291 e. The fraction of sp³-hybridized carbons (Fsp3) is 0.433.